The first-order valence-electron chi connectivity index (χ1n) is 6.60. The standard InChI is InChI=1S/C15H23NO/c1-4-8-16-15-11(2)9-14-12(10-17-3)6-5-7-13(14)15/h5-7,11,15-16H,4,8-10H2,1-3H3. The van der Waals surface area contributed by atoms with Gasteiger partial charge in [0.1, 0.15) is 0 Å². The number of nitrogens with one attached hydrogen (secondary N) is 1. The van der Waals surface area contributed by atoms with Crippen LogP contribution in [0.25, 0.3) is 0 Å². The van der Waals surface area contributed by atoms with Gasteiger partial charge in [-0.25, -0.2) is 0 Å². The van der Waals surface area contributed by atoms with Crippen LogP contribution in [0, 0.1) is 5.92 Å². The molecule has 0 saturated heterocycles. The van der Waals surface area contributed by atoms with Gasteiger partial charge < -0.3 is 10.1 Å². The molecule has 17 heavy (non-hydrogen) atoms. The van der Waals surface area contributed by atoms with Gasteiger partial charge in [-0.1, -0.05) is 32.0 Å². The molecule has 0 radical (unpaired) electrons. The van der Waals surface area contributed by atoms with Crippen molar-refractivity contribution in [3.8, 4) is 0 Å². The number of fused-ring (bicyclic) bond motifs is 1. The van der Waals surface area contributed by atoms with E-state index in [4.69, 9.17) is 4.74 Å². The molecule has 0 aromatic heterocycles. The third-order valence-electron chi connectivity index (χ3n) is 3.65. The topological polar surface area (TPSA) is 21.3 Å². The maximum Gasteiger partial charge on any atom is 0.0715 e. The summed E-state index contributed by atoms with van der Waals surface area (Å²) in [6.45, 7) is 6.39. The Kier molecular flexibility index (Phi) is 4.19. The molecule has 0 heterocycles. The van der Waals surface area contributed by atoms with E-state index in [1.54, 1.807) is 7.11 Å². The third-order valence-corrected chi connectivity index (χ3v) is 3.65. The Morgan fingerprint density at radius 3 is 2.94 bits per heavy atom. The second-order valence-corrected chi connectivity index (χ2v) is 5.03. The van der Waals surface area contributed by atoms with Crippen molar-refractivity contribution in [3.05, 3.63) is 34.9 Å². The summed E-state index contributed by atoms with van der Waals surface area (Å²) in [4.78, 5) is 0. The van der Waals surface area contributed by atoms with Crippen LogP contribution >= 0.6 is 0 Å². The molecule has 0 aliphatic heterocycles. The van der Waals surface area contributed by atoms with Gasteiger partial charge in [0.2, 0.25) is 0 Å². The van der Waals surface area contributed by atoms with Gasteiger partial charge in [0.15, 0.2) is 0 Å². The van der Waals surface area contributed by atoms with Gasteiger partial charge in [-0.2, -0.15) is 0 Å². The molecule has 1 aromatic carbocycles. The van der Waals surface area contributed by atoms with Crippen molar-refractivity contribution in [2.45, 2.75) is 39.3 Å². The van der Waals surface area contributed by atoms with Crippen LogP contribution < -0.4 is 5.32 Å². The van der Waals surface area contributed by atoms with Crippen molar-refractivity contribution in [2.75, 3.05) is 13.7 Å². The zero-order valence-electron chi connectivity index (χ0n) is 11.1. The fourth-order valence-corrected chi connectivity index (χ4v) is 2.84. The Morgan fingerprint density at radius 1 is 1.41 bits per heavy atom. The van der Waals surface area contributed by atoms with Crippen molar-refractivity contribution in [2.24, 2.45) is 5.92 Å². The average molecular weight is 233 g/mol. The van der Waals surface area contributed by atoms with Crippen LogP contribution in [0.5, 0.6) is 0 Å². The molecule has 94 valence electrons. The zero-order valence-corrected chi connectivity index (χ0v) is 11.1. The highest BCUT2D eigenvalue weighted by molar-refractivity contribution is 5.41. The largest absolute Gasteiger partial charge is 0.380 e. The molecule has 1 N–H and O–H groups in total. The first kappa shape index (κ1) is 12.6. The van der Waals surface area contributed by atoms with Gasteiger partial charge >= 0.3 is 0 Å². The minimum atomic E-state index is 0.529. The van der Waals surface area contributed by atoms with Crippen molar-refractivity contribution in [1.29, 1.82) is 0 Å². The molecular weight excluding hydrogens is 210 g/mol. The molecule has 2 atom stereocenters. The van der Waals surface area contributed by atoms with Gasteiger partial charge in [0.05, 0.1) is 6.61 Å². The van der Waals surface area contributed by atoms with E-state index < -0.39 is 0 Å². The molecule has 2 heteroatoms. The van der Waals surface area contributed by atoms with E-state index in [0.717, 1.165) is 13.2 Å². The lowest BCUT2D eigenvalue weighted by atomic mass is 10.0. The molecule has 0 fully saturated rings. The van der Waals surface area contributed by atoms with Crippen LogP contribution in [0.2, 0.25) is 0 Å². The first-order chi connectivity index (χ1) is 8.27. The van der Waals surface area contributed by atoms with Gasteiger partial charge in [0.25, 0.3) is 0 Å². The summed E-state index contributed by atoms with van der Waals surface area (Å²) in [7, 11) is 1.77. The molecule has 0 amide bonds. The van der Waals surface area contributed by atoms with E-state index in [1.165, 1.54) is 29.5 Å². The van der Waals surface area contributed by atoms with E-state index in [-0.39, 0.29) is 0 Å². The van der Waals surface area contributed by atoms with Crippen LogP contribution in [-0.4, -0.2) is 13.7 Å². The molecule has 2 nitrogen and oxygen atoms in total. The van der Waals surface area contributed by atoms with Gasteiger partial charge in [0, 0.05) is 13.2 Å². The smallest absolute Gasteiger partial charge is 0.0715 e. The molecule has 2 unspecified atom stereocenters. The SMILES string of the molecule is CCCNC1c2cccc(COC)c2CC1C. The second kappa shape index (κ2) is 5.65. The maximum absolute atomic E-state index is 5.28. The predicted octanol–water partition coefficient (Wildman–Crippen LogP) is 3.07. The molecule has 1 aliphatic rings. The van der Waals surface area contributed by atoms with Crippen molar-refractivity contribution in [1.82, 2.24) is 5.32 Å². The first-order valence-corrected chi connectivity index (χ1v) is 6.60. The number of hydrogen-bond acceptors (Lipinski definition) is 2. The van der Waals surface area contributed by atoms with Crippen molar-refractivity contribution >= 4 is 0 Å². The summed E-state index contributed by atoms with van der Waals surface area (Å²) in [5.74, 6) is 0.689. The normalized spacial score (nSPS) is 22.8. The lowest BCUT2D eigenvalue weighted by Crippen LogP contribution is -2.24. The summed E-state index contributed by atoms with van der Waals surface area (Å²) in [5.41, 5.74) is 4.36. The van der Waals surface area contributed by atoms with E-state index in [9.17, 15) is 0 Å². The predicted molar refractivity (Wildman–Crippen MR) is 71.1 cm³/mol. The lowest BCUT2D eigenvalue weighted by molar-refractivity contribution is 0.184. The fraction of sp³-hybridized carbons (Fsp3) is 0.600. The highest BCUT2D eigenvalue weighted by atomic mass is 16.5. The number of ether oxygens (including phenoxy) is 1. The molecule has 0 saturated carbocycles. The number of benzene rings is 1. The van der Waals surface area contributed by atoms with E-state index >= 15 is 0 Å². The zero-order chi connectivity index (χ0) is 12.3. The minimum Gasteiger partial charge on any atom is -0.380 e. The van der Waals surface area contributed by atoms with Crippen molar-refractivity contribution in [3.63, 3.8) is 0 Å². The molecular formula is C15H23NO. The molecule has 1 aromatic rings. The van der Waals surface area contributed by atoms with E-state index in [1.807, 2.05) is 0 Å². The Labute approximate surface area is 104 Å². The monoisotopic (exact) mass is 233 g/mol. The minimum absolute atomic E-state index is 0.529. The second-order valence-electron chi connectivity index (χ2n) is 5.03. The van der Waals surface area contributed by atoms with Crippen LogP contribution in [0.15, 0.2) is 18.2 Å². The van der Waals surface area contributed by atoms with Crippen LogP contribution in [-0.2, 0) is 17.8 Å². The summed E-state index contributed by atoms with van der Waals surface area (Å²) in [6.07, 6.45) is 2.37. The number of rotatable bonds is 5. The third kappa shape index (κ3) is 2.53. The highest BCUT2D eigenvalue weighted by Crippen LogP contribution is 2.37. The Balaban J connectivity index is 2.24. The number of hydrogen-bond donors (Lipinski definition) is 1. The van der Waals surface area contributed by atoms with E-state index in [0.29, 0.717) is 12.0 Å². The Bertz CT molecular complexity index is 375. The van der Waals surface area contributed by atoms with Crippen LogP contribution in [0.1, 0.15) is 43.0 Å². The van der Waals surface area contributed by atoms with Gasteiger partial charge in [-0.15, -0.1) is 0 Å². The lowest BCUT2D eigenvalue weighted by Gasteiger charge is -2.18. The summed E-state index contributed by atoms with van der Waals surface area (Å²) < 4.78 is 5.28. The highest BCUT2D eigenvalue weighted by Gasteiger charge is 2.29. The molecule has 2 rings (SSSR count). The summed E-state index contributed by atoms with van der Waals surface area (Å²) >= 11 is 0. The summed E-state index contributed by atoms with van der Waals surface area (Å²) in [6, 6.07) is 7.15. The Hall–Kier alpha value is -0.860. The maximum atomic E-state index is 5.28. The molecule has 1 aliphatic carbocycles. The summed E-state index contributed by atoms with van der Waals surface area (Å²) in [5, 5.41) is 3.67. The van der Waals surface area contributed by atoms with Gasteiger partial charge in [-0.05, 0) is 42.0 Å². The van der Waals surface area contributed by atoms with Crippen LogP contribution in [0.4, 0.5) is 0 Å². The fourth-order valence-electron chi connectivity index (χ4n) is 2.84. The quantitative estimate of drug-likeness (QED) is 0.844. The molecule has 0 bridgehead atoms. The molecule has 0 spiro atoms. The number of methoxy groups -OCH3 is 1. The Morgan fingerprint density at radius 2 is 2.24 bits per heavy atom. The van der Waals surface area contributed by atoms with E-state index in [2.05, 4.69) is 37.4 Å². The van der Waals surface area contributed by atoms with Gasteiger partial charge in [-0.3, -0.25) is 0 Å². The van der Waals surface area contributed by atoms with Crippen molar-refractivity contribution < 1.29 is 4.74 Å². The average Bonchev–Trinajstić information content (AvgIpc) is 2.64. The van der Waals surface area contributed by atoms with Crippen LogP contribution in [0.3, 0.4) is 0 Å².